The maximum atomic E-state index is 5.70. The Morgan fingerprint density at radius 1 is 0.960 bits per heavy atom. The van der Waals surface area contributed by atoms with E-state index >= 15 is 0 Å². The lowest BCUT2D eigenvalue weighted by molar-refractivity contribution is 0.157. The van der Waals surface area contributed by atoms with Crippen LogP contribution in [0.5, 0.6) is 17.2 Å². The summed E-state index contributed by atoms with van der Waals surface area (Å²) in [6.07, 6.45) is 2.05. The third-order valence-electron chi connectivity index (χ3n) is 5.65. The van der Waals surface area contributed by atoms with Crippen molar-refractivity contribution in [3.8, 4) is 17.2 Å². The van der Waals surface area contributed by atoms with E-state index in [1.807, 2.05) is 0 Å². The van der Waals surface area contributed by atoms with Gasteiger partial charge in [-0.2, -0.15) is 0 Å². The SMILES string of the molecule is COc1cc2c(cc1OC)[C@@H]1Cc3ccc(C)c(OC)c3CN1CC2. The summed E-state index contributed by atoms with van der Waals surface area (Å²) < 4.78 is 16.7. The minimum absolute atomic E-state index is 0.392. The third kappa shape index (κ3) is 2.56. The van der Waals surface area contributed by atoms with Gasteiger partial charge < -0.3 is 14.2 Å². The van der Waals surface area contributed by atoms with Crippen molar-refractivity contribution in [2.75, 3.05) is 27.9 Å². The van der Waals surface area contributed by atoms with Crippen LogP contribution in [0.1, 0.15) is 33.9 Å². The molecule has 2 heterocycles. The van der Waals surface area contributed by atoms with Gasteiger partial charge in [0.15, 0.2) is 11.5 Å². The number of methoxy groups -OCH3 is 3. The first-order chi connectivity index (χ1) is 12.2. The molecule has 2 aromatic carbocycles. The zero-order chi connectivity index (χ0) is 17.6. The van der Waals surface area contributed by atoms with Crippen LogP contribution in [0.25, 0.3) is 0 Å². The first kappa shape index (κ1) is 16.3. The van der Waals surface area contributed by atoms with Crippen molar-refractivity contribution in [2.45, 2.75) is 32.4 Å². The summed E-state index contributed by atoms with van der Waals surface area (Å²) in [5.41, 5.74) is 6.70. The van der Waals surface area contributed by atoms with Crippen LogP contribution in [0.2, 0.25) is 0 Å². The second-order valence-corrected chi connectivity index (χ2v) is 6.90. The van der Waals surface area contributed by atoms with E-state index in [4.69, 9.17) is 14.2 Å². The van der Waals surface area contributed by atoms with Crippen LogP contribution < -0.4 is 14.2 Å². The van der Waals surface area contributed by atoms with E-state index < -0.39 is 0 Å². The number of nitrogens with zero attached hydrogens (tertiary/aromatic N) is 1. The summed E-state index contributed by atoms with van der Waals surface area (Å²) in [5, 5.41) is 0. The Labute approximate surface area is 149 Å². The van der Waals surface area contributed by atoms with Gasteiger partial charge in [-0.1, -0.05) is 12.1 Å². The molecule has 0 N–H and O–H groups in total. The molecule has 0 spiro atoms. The minimum atomic E-state index is 0.392. The summed E-state index contributed by atoms with van der Waals surface area (Å²) >= 11 is 0. The summed E-state index contributed by atoms with van der Waals surface area (Å²) in [6.45, 7) is 4.12. The highest BCUT2D eigenvalue weighted by atomic mass is 16.5. The van der Waals surface area contributed by atoms with Gasteiger partial charge in [0.2, 0.25) is 0 Å². The highest BCUT2D eigenvalue weighted by Gasteiger charge is 2.34. The quantitative estimate of drug-likeness (QED) is 0.854. The number of ether oxygens (including phenoxy) is 3. The summed E-state index contributed by atoms with van der Waals surface area (Å²) in [4.78, 5) is 2.57. The van der Waals surface area contributed by atoms with E-state index in [2.05, 4.69) is 36.1 Å². The highest BCUT2D eigenvalue weighted by Crippen LogP contribution is 2.44. The highest BCUT2D eigenvalue weighted by molar-refractivity contribution is 5.52. The topological polar surface area (TPSA) is 30.9 Å². The Balaban J connectivity index is 1.77. The van der Waals surface area contributed by atoms with Gasteiger partial charge >= 0.3 is 0 Å². The fourth-order valence-corrected chi connectivity index (χ4v) is 4.35. The van der Waals surface area contributed by atoms with E-state index in [0.717, 1.165) is 43.2 Å². The molecule has 0 aliphatic carbocycles. The lowest BCUT2D eigenvalue weighted by Gasteiger charge is -2.42. The van der Waals surface area contributed by atoms with Crippen molar-refractivity contribution in [3.05, 3.63) is 52.1 Å². The standard InChI is InChI=1S/C21H25NO3/c1-13-5-6-14-9-18-16-11-20(24-3)19(23-2)10-15(16)7-8-22(18)12-17(14)21(13)25-4/h5-6,10-11,18H,7-9,12H2,1-4H3/t18-/m0/s1. The molecular formula is C21H25NO3. The molecular weight excluding hydrogens is 314 g/mol. The molecule has 4 rings (SSSR count). The molecule has 4 heteroatoms. The maximum Gasteiger partial charge on any atom is 0.161 e. The van der Waals surface area contributed by atoms with E-state index in [-0.39, 0.29) is 0 Å². The van der Waals surface area contributed by atoms with E-state index in [1.54, 1.807) is 21.3 Å². The molecule has 0 amide bonds. The van der Waals surface area contributed by atoms with Crippen molar-refractivity contribution < 1.29 is 14.2 Å². The summed E-state index contributed by atoms with van der Waals surface area (Å²) in [6, 6.07) is 9.15. The third-order valence-corrected chi connectivity index (χ3v) is 5.65. The predicted octanol–water partition coefficient (Wildman–Crippen LogP) is 3.68. The van der Waals surface area contributed by atoms with Crippen LogP contribution in [0.3, 0.4) is 0 Å². The minimum Gasteiger partial charge on any atom is -0.496 e. The normalized spacial score (nSPS) is 18.8. The van der Waals surface area contributed by atoms with Gasteiger partial charge in [0.05, 0.1) is 21.3 Å². The number of hydrogen-bond acceptors (Lipinski definition) is 4. The molecule has 0 saturated carbocycles. The van der Waals surface area contributed by atoms with Crippen LogP contribution in [-0.4, -0.2) is 32.8 Å². The number of benzene rings is 2. The predicted molar refractivity (Wildman–Crippen MR) is 97.8 cm³/mol. The van der Waals surface area contributed by atoms with Gasteiger partial charge in [0.25, 0.3) is 0 Å². The lowest BCUT2D eigenvalue weighted by atomic mass is 9.83. The number of rotatable bonds is 3. The second-order valence-electron chi connectivity index (χ2n) is 6.90. The van der Waals surface area contributed by atoms with E-state index in [0.29, 0.717) is 6.04 Å². The van der Waals surface area contributed by atoms with Crippen LogP contribution in [0.15, 0.2) is 24.3 Å². The van der Waals surface area contributed by atoms with Gasteiger partial charge in [0, 0.05) is 24.7 Å². The van der Waals surface area contributed by atoms with Gasteiger partial charge in [-0.25, -0.2) is 0 Å². The molecule has 0 saturated heterocycles. The fourth-order valence-electron chi connectivity index (χ4n) is 4.35. The second kappa shape index (κ2) is 6.26. The summed E-state index contributed by atoms with van der Waals surface area (Å²) in [5.74, 6) is 2.69. The van der Waals surface area contributed by atoms with Gasteiger partial charge in [-0.15, -0.1) is 0 Å². The lowest BCUT2D eigenvalue weighted by Crippen LogP contribution is -2.39. The maximum absolute atomic E-state index is 5.70. The number of fused-ring (bicyclic) bond motifs is 4. The van der Waals surface area contributed by atoms with Crippen molar-refractivity contribution in [2.24, 2.45) is 0 Å². The number of hydrogen-bond donors (Lipinski definition) is 0. The Morgan fingerprint density at radius 3 is 2.44 bits per heavy atom. The van der Waals surface area contributed by atoms with Crippen LogP contribution >= 0.6 is 0 Å². The first-order valence-electron chi connectivity index (χ1n) is 8.80. The monoisotopic (exact) mass is 339 g/mol. The Kier molecular flexibility index (Phi) is 4.08. The van der Waals surface area contributed by atoms with Crippen LogP contribution in [0.4, 0.5) is 0 Å². The molecule has 0 radical (unpaired) electrons. The van der Waals surface area contributed by atoms with Crippen molar-refractivity contribution in [3.63, 3.8) is 0 Å². The molecule has 2 aliphatic heterocycles. The van der Waals surface area contributed by atoms with E-state index in [9.17, 15) is 0 Å². The largest absolute Gasteiger partial charge is 0.496 e. The van der Waals surface area contributed by atoms with Crippen molar-refractivity contribution in [1.82, 2.24) is 4.90 Å². The van der Waals surface area contributed by atoms with E-state index in [1.165, 1.54) is 27.8 Å². The Morgan fingerprint density at radius 2 is 1.72 bits per heavy atom. The van der Waals surface area contributed by atoms with Crippen molar-refractivity contribution >= 4 is 0 Å². The molecule has 2 aromatic rings. The number of aryl methyl sites for hydroxylation is 1. The average Bonchev–Trinajstić information content (AvgIpc) is 2.65. The molecule has 4 nitrogen and oxygen atoms in total. The average molecular weight is 339 g/mol. The van der Waals surface area contributed by atoms with Gasteiger partial charge in [0.1, 0.15) is 5.75 Å². The summed E-state index contributed by atoms with van der Waals surface area (Å²) in [7, 11) is 5.18. The fraction of sp³-hybridized carbons (Fsp3) is 0.429. The van der Waals surface area contributed by atoms with Gasteiger partial charge in [-0.3, -0.25) is 4.90 Å². The molecule has 2 aliphatic rings. The molecule has 25 heavy (non-hydrogen) atoms. The van der Waals surface area contributed by atoms with Gasteiger partial charge in [-0.05, 0) is 54.2 Å². The molecule has 0 fully saturated rings. The Bertz CT molecular complexity index is 815. The van der Waals surface area contributed by atoms with Crippen LogP contribution in [-0.2, 0) is 19.4 Å². The zero-order valence-corrected chi connectivity index (χ0v) is 15.4. The van der Waals surface area contributed by atoms with Crippen LogP contribution in [0, 0.1) is 6.92 Å². The molecule has 0 bridgehead atoms. The molecule has 1 atom stereocenters. The molecule has 0 aromatic heterocycles. The van der Waals surface area contributed by atoms with Crippen molar-refractivity contribution in [1.29, 1.82) is 0 Å². The molecule has 0 unspecified atom stereocenters. The molecule has 132 valence electrons. The smallest absolute Gasteiger partial charge is 0.161 e. The Hall–Kier alpha value is -2.20. The first-order valence-corrected chi connectivity index (χ1v) is 8.80. The zero-order valence-electron chi connectivity index (χ0n) is 15.4.